The number of nitrogens with one attached hydrogen (secondary N) is 2. The minimum absolute atomic E-state index is 0.224. The zero-order chi connectivity index (χ0) is 20.5. The standard InChI is InChI=1S/C21H25N5O3/c1-14-13-22-10-12-25(14)11-4-6-15-5-3-7-16-19(15)24(2)21(29)26(16)17-8-9-18(27)23-20(17)28/h3,5,7,14,17,22H,8-13H2,1-2H3,(H,23,27,28)/t14-,17?/m1/s1. The number of para-hydroxylation sites is 1. The van der Waals surface area contributed by atoms with Crippen molar-refractivity contribution in [3.05, 3.63) is 34.2 Å². The van der Waals surface area contributed by atoms with Crippen molar-refractivity contribution in [2.24, 2.45) is 7.05 Å². The summed E-state index contributed by atoms with van der Waals surface area (Å²) >= 11 is 0. The summed E-state index contributed by atoms with van der Waals surface area (Å²) in [5.41, 5.74) is 1.85. The number of hydrogen-bond acceptors (Lipinski definition) is 5. The fourth-order valence-electron chi connectivity index (χ4n) is 4.12. The Morgan fingerprint density at radius 1 is 1.24 bits per heavy atom. The number of imide groups is 1. The Labute approximate surface area is 168 Å². The van der Waals surface area contributed by atoms with Gasteiger partial charge in [-0.25, -0.2) is 4.79 Å². The second-order valence-electron chi connectivity index (χ2n) is 7.68. The number of carbonyl (C=O) groups excluding carboxylic acids is 2. The highest BCUT2D eigenvalue weighted by Gasteiger charge is 2.31. The molecular weight excluding hydrogens is 370 g/mol. The van der Waals surface area contributed by atoms with Crippen LogP contribution in [0.5, 0.6) is 0 Å². The molecule has 2 aliphatic heterocycles. The monoisotopic (exact) mass is 395 g/mol. The van der Waals surface area contributed by atoms with Gasteiger partial charge in [-0.2, -0.15) is 0 Å². The number of benzene rings is 1. The summed E-state index contributed by atoms with van der Waals surface area (Å²) in [6, 6.07) is 5.32. The highest BCUT2D eigenvalue weighted by atomic mass is 16.2. The van der Waals surface area contributed by atoms with Crippen LogP contribution in [0.2, 0.25) is 0 Å². The number of amides is 2. The van der Waals surface area contributed by atoms with E-state index in [-0.39, 0.29) is 18.0 Å². The SMILES string of the molecule is C[C@@H]1CNCCN1CC#Cc1cccc2c1n(C)c(=O)n2C1CCC(=O)NC1=O. The van der Waals surface area contributed by atoms with Crippen LogP contribution in [0.1, 0.15) is 31.4 Å². The molecule has 0 saturated carbocycles. The lowest BCUT2D eigenvalue weighted by Gasteiger charge is -2.32. The van der Waals surface area contributed by atoms with E-state index in [4.69, 9.17) is 0 Å². The number of aromatic nitrogens is 2. The van der Waals surface area contributed by atoms with Crippen molar-refractivity contribution in [2.45, 2.75) is 31.8 Å². The summed E-state index contributed by atoms with van der Waals surface area (Å²) in [6.45, 7) is 5.73. The topological polar surface area (TPSA) is 88.4 Å². The van der Waals surface area contributed by atoms with Crippen molar-refractivity contribution in [1.29, 1.82) is 0 Å². The molecule has 1 unspecified atom stereocenters. The van der Waals surface area contributed by atoms with Gasteiger partial charge in [-0.05, 0) is 25.5 Å². The van der Waals surface area contributed by atoms with E-state index >= 15 is 0 Å². The van der Waals surface area contributed by atoms with Crippen molar-refractivity contribution in [3.8, 4) is 11.8 Å². The maximum absolute atomic E-state index is 12.9. The number of nitrogens with zero attached hydrogens (tertiary/aromatic N) is 3. The summed E-state index contributed by atoms with van der Waals surface area (Å²) in [7, 11) is 1.69. The molecule has 152 valence electrons. The lowest BCUT2D eigenvalue weighted by molar-refractivity contribution is -0.135. The number of carbonyl (C=O) groups is 2. The first-order valence-corrected chi connectivity index (χ1v) is 9.94. The summed E-state index contributed by atoms with van der Waals surface area (Å²) in [4.78, 5) is 39.1. The summed E-state index contributed by atoms with van der Waals surface area (Å²) in [6.07, 6.45) is 0.544. The maximum atomic E-state index is 12.9. The first-order chi connectivity index (χ1) is 14.0. The average Bonchev–Trinajstić information content (AvgIpc) is 2.95. The van der Waals surface area contributed by atoms with Gasteiger partial charge in [0.05, 0.1) is 23.1 Å². The molecule has 8 heteroatoms. The lowest BCUT2D eigenvalue weighted by atomic mass is 10.1. The third-order valence-corrected chi connectivity index (χ3v) is 5.77. The second kappa shape index (κ2) is 7.85. The number of piperidine rings is 1. The van der Waals surface area contributed by atoms with Crippen LogP contribution >= 0.6 is 0 Å². The van der Waals surface area contributed by atoms with E-state index in [1.807, 2.05) is 18.2 Å². The van der Waals surface area contributed by atoms with Gasteiger partial charge in [0, 0.05) is 39.1 Å². The van der Waals surface area contributed by atoms with Gasteiger partial charge in [0.25, 0.3) is 0 Å². The molecule has 29 heavy (non-hydrogen) atoms. The van der Waals surface area contributed by atoms with Gasteiger partial charge in [0.1, 0.15) is 6.04 Å². The van der Waals surface area contributed by atoms with Gasteiger partial charge in [0.2, 0.25) is 11.8 Å². The quantitative estimate of drug-likeness (QED) is 0.551. The highest BCUT2D eigenvalue weighted by molar-refractivity contribution is 6.00. The molecule has 3 heterocycles. The van der Waals surface area contributed by atoms with Gasteiger partial charge in [-0.3, -0.25) is 28.9 Å². The fourth-order valence-corrected chi connectivity index (χ4v) is 4.12. The molecule has 2 atom stereocenters. The molecule has 8 nitrogen and oxygen atoms in total. The molecule has 2 saturated heterocycles. The van der Waals surface area contributed by atoms with E-state index in [1.54, 1.807) is 7.05 Å². The molecule has 1 aromatic carbocycles. The maximum Gasteiger partial charge on any atom is 0.329 e. The number of fused-ring (bicyclic) bond motifs is 1. The molecule has 2 aromatic rings. The molecule has 1 aromatic heterocycles. The van der Waals surface area contributed by atoms with E-state index in [0.717, 1.165) is 25.2 Å². The van der Waals surface area contributed by atoms with E-state index < -0.39 is 11.9 Å². The largest absolute Gasteiger partial charge is 0.329 e. The first kappa shape index (κ1) is 19.4. The third-order valence-electron chi connectivity index (χ3n) is 5.77. The van der Waals surface area contributed by atoms with E-state index in [1.165, 1.54) is 9.13 Å². The minimum atomic E-state index is -0.686. The molecule has 4 rings (SSSR count). The van der Waals surface area contributed by atoms with Gasteiger partial charge < -0.3 is 5.32 Å². The average molecular weight is 395 g/mol. The highest BCUT2D eigenvalue weighted by Crippen LogP contribution is 2.24. The van der Waals surface area contributed by atoms with Crippen LogP contribution in [0.25, 0.3) is 11.0 Å². The normalized spacial score (nSPS) is 23.0. The Bertz CT molecular complexity index is 1090. The van der Waals surface area contributed by atoms with E-state index in [9.17, 15) is 14.4 Å². The van der Waals surface area contributed by atoms with Crippen LogP contribution in [0, 0.1) is 11.8 Å². The van der Waals surface area contributed by atoms with Crippen LogP contribution in [0.3, 0.4) is 0 Å². The third kappa shape index (κ3) is 3.59. The van der Waals surface area contributed by atoms with Gasteiger partial charge >= 0.3 is 5.69 Å². The predicted octanol–water partition coefficient (Wildman–Crippen LogP) is -0.0371. The number of aryl methyl sites for hydroxylation is 1. The first-order valence-electron chi connectivity index (χ1n) is 9.94. The predicted molar refractivity (Wildman–Crippen MR) is 109 cm³/mol. The second-order valence-corrected chi connectivity index (χ2v) is 7.68. The van der Waals surface area contributed by atoms with Crippen molar-refractivity contribution in [3.63, 3.8) is 0 Å². The molecule has 2 amide bonds. The Morgan fingerprint density at radius 2 is 2.07 bits per heavy atom. The molecule has 0 spiro atoms. The van der Waals surface area contributed by atoms with Gasteiger partial charge in [-0.15, -0.1) is 0 Å². The van der Waals surface area contributed by atoms with Gasteiger partial charge in [0.15, 0.2) is 0 Å². The van der Waals surface area contributed by atoms with Crippen molar-refractivity contribution >= 4 is 22.8 Å². The molecule has 0 bridgehead atoms. The Hall–Kier alpha value is -2.89. The Morgan fingerprint density at radius 3 is 2.83 bits per heavy atom. The molecule has 2 fully saturated rings. The molecule has 0 radical (unpaired) electrons. The lowest BCUT2D eigenvalue weighted by Crippen LogP contribution is -2.49. The molecule has 2 aliphatic rings. The van der Waals surface area contributed by atoms with Crippen LogP contribution in [-0.2, 0) is 16.6 Å². The number of imidazole rings is 1. The van der Waals surface area contributed by atoms with E-state index in [0.29, 0.717) is 30.0 Å². The zero-order valence-corrected chi connectivity index (χ0v) is 16.7. The van der Waals surface area contributed by atoms with Crippen LogP contribution in [0.4, 0.5) is 0 Å². The number of piperazine rings is 1. The number of hydrogen-bond donors (Lipinski definition) is 2. The van der Waals surface area contributed by atoms with Crippen molar-refractivity contribution in [1.82, 2.24) is 24.7 Å². The van der Waals surface area contributed by atoms with Gasteiger partial charge in [-0.1, -0.05) is 17.9 Å². The number of rotatable bonds is 2. The van der Waals surface area contributed by atoms with Crippen molar-refractivity contribution < 1.29 is 9.59 Å². The van der Waals surface area contributed by atoms with E-state index in [2.05, 4.69) is 34.3 Å². The van der Waals surface area contributed by atoms with Crippen LogP contribution in [0.15, 0.2) is 23.0 Å². The Kier molecular flexibility index (Phi) is 5.26. The van der Waals surface area contributed by atoms with Crippen LogP contribution in [-0.4, -0.2) is 58.1 Å². The minimum Gasteiger partial charge on any atom is -0.314 e. The summed E-state index contributed by atoms with van der Waals surface area (Å²) in [5, 5.41) is 5.70. The molecule has 0 aliphatic carbocycles. The van der Waals surface area contributed by atoms with Crippen molar-refractivity contribution in [2.75, 3.05) is 26.2 Å². The molecular formula is C21H25N5O3. The summed E-state index contributed by atoms with van der Waals surface area (Å²) in [5.74, 6) is 5.73. The smallest absolute Gasteiger partial charge is 0.314 e. The summed E-state index contributed by atoms with van der Waals surface area (Å²) < 4.78 is 3.02. The zero-order valence-electron chi connectivity index (χ0n) is 16.7. The molecule has 2 N–H and O–H groups in total. The van der Waals surface area contributed by atoms with Crippen LogP contribution < -0.4 is 16.3 Å². The fraction of sp³-hybridized carbons (Fsp3) is 0.476. The Balaban J connectivity index is 1.69.